The topological polar surface area (TPSA) is 104 Å². The van der Waals surface area contributed by atoms with E-state index in [9.17, 15) is 13.5 Å². The van der Waals surface area contributed by atoms with Gasteiger partial charge in [-0.1, -0.05) is 13.8 Å². The summed E-state index contributed by atoms with van der Waals surface area (Å²) in [4.78, 5) is 4.45. The molecule has 0 amide bonds. The van der Waals surface area contributed by atoms with Gasteiger partial charge in [0.2, 0.25) is 0 Å². The molecule has 1 aliphatic rings. The molecule has 0 saturated carbocycles. The van der Waals surface area contributed by atoms with Gasteiger partial charge >= 0.3 is 0 Å². The van der Waals surface area contributed by atoms with Crippen molar-refractivity contribution in [3.05, 3.63) is 35.7 Å². The van der Waals surface area contributed by atoms with Gasteiger partial charge in [-0.25, -0.2) is 8.42 Å². The van der Waals surface area contributed by atoms with Crippen LogP contribution >= 0.6 is 0 Å². The molecule has 0 radical (unpaired) electrons. The number of rotatable bonds is 10. The number of aromatic hydroxyl groups is 1. The summed E-state index contributed by atoms with van der Waals surface area (Å²) in [5.41, 5.74) is 1.25. The predicted molar refractivity (Wildman–Crippen MR) is 119 cm³/mol. The van der Waals surface area contributed by atoms with Crippen LogP contribution in [-0.4, -0.2) is 45.1 Å². The molecule has 176 valence electrons. The van der Waals surface area contributed by atoms with Gasteiger partial charge in [-0.15, -0.1) is 0 Å². The lowest BCUT2D eigenvalue weighted by atomic mass is 10.0. The van der Waals surface area contributed by atoms with E-state index >= 15 is 0 Å². The van der Waals surface area contributed by atoms with Crippen LogP contribution in [-0.2, 0) is 14.6 Å². The molecule has 0 unspecified atom stereocenters. The van der Waals surface area contributed by atoms with E-state index in [1.165, 1.54) is 6.07 Å². The van der Waals surface area contributed by atoms with Gasteiger partial charge in [0.15, 0.2) is 21.3 Å². The fraction of sp³-hybridized carbons (Fsp3) is 0.522. The molecular weight excluding hydrogens is 434 g/mol. The maximum absolute atomic E-state index is 12.9. The third-order valence-electron chi connectivity index (χ3n) is 5.32. The van der Waals surface area contributed by atoms with Gasteiger partial charge < -0.3 is 24.1 Å². The molecule has 2 heterocycles. The van der Waals surface area contributed by atoms with Crippen LogP contribution < -0.4 is 14.2 Å². The van der Waals surface area contributed by atoms with Crippen LogP contribution in [0.5, 0.6) is 23.0 Å². The first-order valence-electron chi connectivity index (χ1n) is 10.8. The second kappa shape index (κ2) is 10.4. The van der Waals surface area contributed by atoms with Crippen molar-refractivity contribution in [3.63, 3.8) is 0 Å². The molecule has 2 atom stereocenters. The number of hydrogen-bond acceptors (Lipinski definition) is 8. The number of ether oxygens (including phenoxy) is 4. The van der Waals surface area contributed by atoms with Crippen molar-refractivity contribution in [2.75, 3.05) is 26.6 Å². The summed E-state index contributed by atoms with van der Waals surface area (Å²) in [6.45, 7) is 4.03. The Morgan fingerprint density at radius 1 is 1.09 bits per heavy atom. The van der Waals surface area contributed by atoms with Crippen molar-refractivity contribution in [3.8, 4) is 23.0 Å². The minimum atomic E-state index is -3.62. The third-order valence-corrected chi connectivity index (χ3v) is 7.24. The Morgan fingerprint density at radius 2 is 1.84 bits per heavy atom. The smallest absolute Gasteiger partial charge is 0.182 e. The number of nitrogens with zero attached hydrogens (tertiary/aromatic N) is 1. The number of sulfone groups is 1. The Kier molecular flexibility index (Phi) is 7.84. The molecule has 3 rings (SSSR count). The van der Waals surface area contributed by atoms with E-state index in [4.69, 9.17) is 18.9 Å². The second-order valence-corrected chi connectivity index (χ2v) is 9.77. The first-order valence-corrected chi connectivity index (χ1v) is 12.5. The Balaban J connectivity index is 1.93. The normalized spacial score (nSPS) is 18.5. The molecule has 0 spiro atoms. The van der Waals surface area contributed by atoms with E-state index in [1.807, 2.05) is 6.92 Å². The van der Waals surface area contributed by atoms with Crippen LogP contribution in [0.3, 0.4) is 0 Å². The molecule has 1 aliphatic heterocycles. The Hall–Kier alpha value is -2.52. The minimum absolute atomic E-state index is 0.00926. The average molecular weight is 466 g/mol. The predicted octanol–water partition coefficient (Wildman–Crippen LogP) is 4.37. The molecule has 1 aromatic heterocycles. The van der Waals surface area contributed by atoms with E-state index in [2.05, 4.69) is 4.98 Å². The molecular formula is C23H31NO7S. The van der Waals surface area contributed by atoms with Crippen LogP contribution in [0.15, 0.2) is 29.3 Å². The number of benzene rings is 1. The van der Waals surface area contributed by atoms with Crippen LogP contribution in [0.1, 0.15) is 63.0 Å². The van der Waals surface area contributed by atoms with Crippen LogP contribution in [0, 0.1) is 0 Å². The molecule has 1 fully saturated rings. The molecule has 0 bridgehead atoms. The van der Waals surface area contributed by atoms with Crippen molar-refractivity contribution in [1.29, 1.82) is 0 Å². The van der Waals surface area contributed by atoms with Gasteiger partial charge in [0.1, 0.15) is 28.2 Å². The Morgan fingerprint density at radius 3 is 2.50 bits per heavy atom. The number of phenols is 1. The molecule has 9 heteroatoms. The maximum atomic E-state index is 12.9. The quantitative estimate of drug-likeness (QED) is 0.552. The zero-order valence-electron chi connectivity index (χ0n) is 19.0. The summed E-state index contributed by atoms with van der Waals surface area (Å²) in [6, 6.07) is 4.85. The molecule has 8 nitrogen and oxygen atoms in total. The zero-order valence-corrected chi connectivity index (χ0v) is 19.8. The molecule has 1 saturated heterocycles. The van der Waals surface area contributed by atoms with E-state index < -0.39 is 15.9 Å². The maximum Gasteiger partial charge on any atom is 0.182 e. The number of hydrogen-bond donors (Lipinski definition) is 1. The highest BCUT2D eigenvalue weighted by Gasteiger charge is 2.33. The van der Waals surface area contributed by atoms with Crippen LogP contribution in [0.2, 0.25) is 0 Å². The second-order valence-electron chi connectivity index (χ2n) is 7.69. The van der Waals surface area contributed by atoms with Gasteiger partial charge in [0.05, 0.1) is 38.9 Å². The number of methoxy groups -OCH3 is 2. The van der Waals surface area contributed by atoms with Gasteiger partial charge in [-0.2, -0.15) is 0 Å². The van der Waals surface area contributed by atoms with E-state index in [1.54, 1.807) is 39.5 Å². The molecule has 2 aromatic rings. The monoisotopic (exact) mass is 465 g/mol. The Labute approximate surface area is 189 Å². The summed E-state index contributed by atoms with van der Waals surface area (Å²) in [6.07, 6.45) is 3.36. The van der Waals surface area contributed by atoms with Crippen LogP contribution in [0.25, 0.3) is 0 Å². The summed E-state index contributed by atoms with van der Waals surface area (Å²) >= 11 is 0. The van der Waals surface area contributed by atoms with Crippen molar-refractivity contribution in [2.24, 2.45) is 0 Å². The largest absolute Gasteiger partial charge is 0.504 e. The summed E-state index contributed by atoms with van der Waals surface area (Å²) < 4.78 is 48.3. The van der Waals surface area contributed by atoms with Crippen molar-refractivity contribution in [1.82, 2.24) is 4.98 Å². The highest BCUT2D eigenvalue weighted by molar-refractivity contribution is 7.91. The lowest BCUT2D eigenvalue weighted by Crippen LogP contribution is -2.11. The molecule has 0 aliphatic carbocycles. The van der Waals surface area contributed by atoms with Gasteiger partial charge in [0.25, 0.3) is 0 Å². The van der Waals surface area contributed by atoms with Gasteiger partial charge in [-0.05, 0) is 43.4 Å². The lowest BCUT2D eigenvalue weighted by Gasteiger charge is -2.19. The third kappa shape index (κ3) is 5.10. The summed E-state index contributed by atoms with van der Waals surface area (Å²) in [7, 11) is -0.499. The highest BCUT2D eigenvalue weighted by Crippen LogP contribution is 2.46. The molecule has 1 N–H and O–H groups in total. The van der Waals surface area contributed by atoms with Crippen LogP contribution in [0.4, 0.5) is 0 Å². The Bertz CT molecular complexity index is 1040. The number of aromatic nitrogens is 1. The van der Waals surface area contributed by atoms with Crippen molar-refractivity contribution < 1.29 is 32.5 Å². The fourth-order valence-corrected chi connectivity index (χ4v) is 5.31. The number of pyridine rings is 1. The van der Waals surface area contributed by atoms with Gasteiger partial charge in [-0.3, -0.25) is 4.98 Å². The fourth-order valence-electron chi connectivity index (χ4n) is 3.79. The van der Waals surface area contributed by atoms with E-state index in [0.717, 1.165) is 0 Å². The van der Waals surface area contributed by atoms with Crippen molar-refractivity contribution in [2.45, 2.75) is 56.6 Å². The SMILES string of the molecule is CCCOc1c(O)cc([C@@H]2CC[C@@H](c3ncc(OC)cc3OC)O2)cc1S(=O)(=O)CCC. The van der Waals surface area contributed by atoms with Crippen molar-refractivity contribution >= 4 is 9.84 Å². The highest BCUT2D eigenvalue weighted by atomic mass is 32.2. The van der Waals surface area contributed by atoms with E-state index in [0.29, 0.717) is 55.0 Å². The lowest BCUT2D eigenvalue weighted by molar-refractivity contribution is 0.0399. The first kappa shape index (κ1) is 24.1. The molecule has 32 heavy (non-hydrogen) atoms. The zero-order chi connectivity index (χ0) is 23.3. The molecule has 1 aromatic carbocycles. The summed E-state index contributed by atoms with van der Waals surface area (Å²) in [5.74, 6) is 0.931. The average Bonchev–Trinajstić information content (AvgIpc) is 3.27. The van der Waals surface area contributed by atoms with E-state index in [-0.39, 0.29) is 28.3 Å². The standard InChI is InChI=1S/C23H31NO7S/c1-5-9-30-23-17(25)11-15(12-21(23)32(26,27)10-6-2)18-7-8-19(31-18)22-20(29-4)13-16(28-3)14-24-22/h11-14,18-19,25H,5-10H2,1-4H3/t18-,19-/m0/s1. The minimum Gasteiger partial charge on any atom is -0.504 e. The van der Waals surface area contributed by atoms with Gasteiger partial charge in [0, 0.05) is 6.07 Å². The number of phenolic OH excluding ortho intramolecular Hbond substituents is 1. The summed E-state index contributed by atoms with van der Waals surface area (Å²) in [5, 5.41) is 10.6. The first-order chi connectivity index (χ1) is 15.3.